The van der Waals surface area contributed by atoms with Gasteiger partial charge in [-0.1, -0.05) is 6.07 Å². The lowest BCUT2D eigenvalue weighted by molar-refractivity contribution is 0.0288. The summed E-state index contributed by atoms with van der Waals surface area (Å²) in [5.74, 6) is 0.514. The van der Waals surface area contributed by atoms with Gasteiger partial charge in [-0.3, -0.25) is 0 Å². The van der Waals surface area contributed by atoms with E-state index in [1.165, 1.54) is 4.88 Å². The fraction of sp³-hybridized carbons (Fsp3) is 0.688. The first-order chi connectivity index (χ1) is 9.85. The molecule has 1 amide bonds. The van der Waals surface area contributed by atoms with Crippen molar-refractivity contribution in [2.75, 3.05) is 19.6 Å². The Morgan fingerprint density at radius 3 is 2.95 bits per heavy atom. The Bertz CT molecular complexity index is 453. The Labute approximate surface area is 131 Å². The highest BCUT2D eigenvalue weighted by atomic mass is 32.1. The maximum Gasteiger partial charge on any atom is 0.410 e. The fourth-order valence-electron chi connectivity index (χ4n) is 2.47. The van der Waals surface area contributed by atoms with Gasteiger partial charge in [0.1, 0.15) is 5.60 Å². The van der Waals surface area contributed by atoms with Gasteiger partial charge in [0.25, 0.3) is 0 Å². The molecule has 0 aromatic carbocycles. The molecule has 0 bridgehead atoms. The second-order valence-electron chi connectivity index (χ2n) is 6.73. The lowest BCUT2D eigenvalue weighted by Gasteiger charge is -2.24. The van der Waals surface area contributed by atoms with Crippen LogP contribution in [0.2, 0.25) is 0 Å². The van der Waals surface area contributed by atoms with Crippen molar-refractivity contribution in [3.63, 3.8) is 0 Å². The Balaban J connectivity index is 1.74. The molecular weight excluding hydrogens is 284 g/mol. The van der Waals surface area contributed by atoms with Gasteiger partial charge in [0.05, 0.1) is 0 Å². The van der Waals surface area contributed by atoms with Crippen molar-refractivity contribution in [1.82, 2.24) is 10.2 Å². The van der Waals surface area contributed by atoms with Crippen LogP contribution in [-0.2, 0) is 4.74 Å². The summed E-state index contributed by atoms with van der Waals surface area (Å²) in [7, 11) is 0. The summed E-state index contributed by atoms with van der Waals surface area (Å²) in [5, 5.41) is 5.67. The van der Waals surface area contributed by atoms with Crippen molar-refractivity contribution >= 4 is 17.4 Å². The van der Waals surface area contributed by atoms with Crippen LogP contribution in [0, 0.1) is 5.92 Å². The number of carbonyl (C=O) groups excluding carboxylic acids is 1. The van der Waals surface area contributed by atoms with E-state index in [1.54, 1.807) is 11.3 Å². The lowest BCUT2D eigenvalue weighted by Crippen LogP contribution is -2.36. The van der Waals surface area contributed by atoms with E-state index >= 15 is 0 Å². The quantitative estimate of drug-likeness (QED) is 0.923. The van der Waals surface area contributed by atoms with Gasteiger partial charge < -0.3 is 15.0 Å². The summed E-state index contributed by atoms with van der Waals surface area (Å²) in [6, 6.07) is 4.61. The van der Waals surface area contributed by atoms with Gasteiger partial charge in [-0.15, -0.1) is 11.3 Å². The van der Waals surface area contributed by atoms with Crippen molar-refractivity contribution in [1.29, 1.82) is 0 Å². The summed E-state index contributed by atoms with van der Waals surface area (Å²) in [6.45, 7) is 10.4. The van der Waals surface area contributed by atoms with Gasteiger partial charge in [0.15, 0.2) is 0 Å². The summed E-state index contributed by atoms with van der Waals surface area (Å²) < 4.78 is 5.42. The SMILES string of the molecule is C[C@H](NC[C@H]1CCN(C(=O)OC(C)(C)C)C1)c1cccs1. The molecule has 1 aliphatic rings. The monoisotopic (exact) mass is 310 g/mol. The van der Waals surface area contributed by atoms with Crippen LogP contribution in [0.25, 0.3) is 0 Å². The van der Waals surface area contributed by atoms with E-state index in [0.29, 0.717) is 12.0 Å². The van der Waals surface area contributed by atoms with E-state index in [1.807, 2.05) is 25.7 Å². The highest BCUT2D eigenvalue weighted by Gasteiger charge is 2.29. The number of nitrogens with one attached hydrogen (secondary N) is 1. The number of ether oxygens (including phenoxy) is 1. The number of hydrogen-bond donors (Lipinski definition) is 1. The average molecular weight is 310 g/mol. The van der Waals surface area contributed by atoms with Crippen molar-refractivity contribution in [2.45, 2.75) is 45.8 Å². The standard InChI is InChI=1S/C16H26N2O2S/c1-12(14-6-5-9-21-14)17-10-13-7-8-18(11-13)15(19)20-16(2,3)4/h5-6,9,12-13,17H,7-8,10-11H2,1-4H3/t12-,13+/m0/s1. The number of likely N-dealkylation sites (tertiary alicyclic amines) is 1. The minimum Gasteiger partial charge on any atom is -0.444 e. The van der Waals surface area contributed by atoms with E-state index < -0.39 is 5.60 Å². The third kappa shape index (κ3) is 5.00. The van der Waals surface area contributed by atoms with Gasteiger partial charge in [-0.25, -0.2) is 4.79 Å². The van der Waals surface area contributed by atoms with Crippen LogP contribution >= 0.6 is 11.3 Å². The molecule has 0 aliphatic carbocycles. The highest BCUT2D eigenvalue weighted by Crippen LogP contribution is 2.22. The molecule has 0 unspecified atom stereocenters. The molecule has 1 N–H and O–H groups in total. The fourth-order valence-corrected chi connectivity index (χ4v) is 3.23. The molecule has 5 heteroatoms. The van der Waals surface area contributed by atoms with Crippen LogP contribution in [0.3, 0.4) is 0 Å². The highest BCUT2D eigenvalue weighted by molar-refractivity contribution is 7.10. The number of amides is 1. The first kappa shape index (κ1) is 16.3. The Kier molecular flexibility index (Phi) is 5.27. The van der Waals surface area contributed by atoms with Gasteiger partial charge in [-0.2, -0.15) is 0 Å². The van der Waals surface area contributed by atoms with Crippen LogP contribution in [0.5, 0.6) is 0 Å². The minimum absolute atomic E-state index is 0.184. The Hall–Kier alpha value is -1.07. The molecule has 1 aliphatic heterocycles. The smallest absolute Gasteiger partial charge is 0.410 e. The third-order valence-electron chi connectivity index (χ3n) is 3.62. The van der Waals surface area contributed by atoms with E-state index in [4.69, 9.17) is 4.74 Å². The molecule has 4 nitrogen and oxygen atoms in total. The molecule has 2 rings (SSSR count). The number of thiophene rings is 1. The van der Waals surface area contributed by atoms with E-state index in [2.05, 4.69) is 29.8 Å². The molecule has 1 aromatic heterocycles. The van der Waals surface area contributed by atoms with Crippen LogP contribution in [0.15, 0.2) is 17.5 Å². The zero-order valence-electron chi connectivity index (χ0n) is 13.4. The average Bonchev–Trinajstić information content (AvgIpc) is 3.05. The summed E-state index contributed by atoms with van der Waals surface area (Å²) >= 11 is 1.78. The van der Waals surface area contributed by atoms with Crippen molar-refractivity contribution < 1.29 is 9.53 Å². The maximum atomic E-state index is 12.0. The number of rotatable bonds is 4. The molecular formula is C16H26N2O2S. The maximum absolute atomic E-state index is 12.0. The topological polar surface area (TPSA) is 41.6 Å². The molecule has 0 saturated carbocycles. The molecule has 1 fully saturated rings. The van der Waals surface area contributed by atoms with Gasteiger partial charge in [0.2, 0.25) is 0 Å². The van der Waals surface area contributed by atoms with Gasteiger partial charge >= 0.3 is 6.09 Å². The normalized spacial score (nSPS) is 20.6. The summed E-state index contributed by atoms with van der Waals surface area (Å²) in [6.07, 6.45) is 0.861. The molecule has 2 heterocycles. The van der Waals surface area contributed by atoms with Crippen molar-refractivity contribution in [3.05, 3.63) is 22.4 Å². The predicted octanol–water partition coefficient (Wildman–Crippen LogP) is 3.66. The van der Waals surface area contributed by atoms with Crippen LogP contribution in [0.1, 0.15) is 45.0 Å². The number of carbonyl (C=O) groups is 1. The first-order valence-electron chi connectivity index (χ1n) is 7.60. The van der Waals surface area contributed by atoms with E-state index in [-0.39, 0.29) is 6.09 Å². The van der Waals surface area contributed by atoms with Gasteiger partial charge in [-0.05, 0) is 51.5 Å². The van der Waals surface area contributed by atoms with Crippen LogP contribution in [-0.4, -0.2) is 36.2 Å². The molecule has 1 aromatic rings. The number of nitrogens with zero attached hydrogens (tertiary/aromatic N) is 1. The zero-order chi connectivity index (χ0) is 15.5. The van der Waals surface area contributed by atoms with Crippen molar-refractivity contribution in [2.24, 2.45) is 5.92 Å². The second kappa shape index (κ2) is 6.79. The molecule has 0 radical (unpaired) electrons. The second-order valence-corrected chi connectivity index (χ2v) is 7.71. The van der Waals surface area contributed by atoms with E-state index in [0.717, 1.165) is 26.1 Å². The lowest BCUT2D eigenvalue weighted by atomic mass is 10.1. The summed E-state index contributed by atoms with van der Waals surface area (Å²) in [4.78, 5) is 15.2. The van der Waals surface area contributed by atoms with Crippen LogP contribution in [0.4, 0.5) is 4.79 Å². The van der Waals surface area contributed by atoms with E-state index in [9.17, 15) is 4.79 Å². The molecule has 2 atom stereocenters. The number of hydrogen-bond acceptors (Lipinski definition) is 4. The van der Waals surface area contributed by atoms with Crippen molar-refractivity contribution in [3.8, 4) is 0 Å². The zero-order valence-corrected chi connectivity index (χ0v) is 14.2. The molecule has 118 valence electrons. The predicted molar refractivity (Wildman–Crippen MR) is 86.7 cm³/mol. The third-order valence-corrected chi connectivity index (χ3v) is 4.68. The summed E-state index contributed by atoms with van der Waals surface area (Å²) in [5.41, 5.74) is -0.416. The first-order valence-corrected chi connectivity index (χ1v) is 8.48. The molecule has 21 heavy (non-hydrogen) atoms. The Morgan fingerprint density at radius 2 is 2.33 bits per heavy atom. The molecule has 0 spiro atoms. The van der Waals surface area contributed by atoms with Gasteiger partial charge in [0, 0.05) is 30.6 Å². The minimum atomic E-state index is -0.416. The Morgan fingerprint density at radius 1 is 1.57 bits per heavy atom. The molecule has 1 saturated heterocycles. The van der Waals surface area contributed by atoms with Crippen LogP contribution < -0.4 is 5.32 Å². The largest absolute Gasteiger partial charge is 0.444 e.